The molecule has 3 rings (SSSR count). The Labute approximate surface area is 137 Å². The van der Waals surface area contributed by atoms with Crippen LogP contribution in [0.1, 0.15) is 36.9 Å². The van der Waals surface area contributed by atoms with Crippen molar-refractivity contribution in [2.45, 2.75) is 38.5 Å². The third kappa shape index (κ3) is 4.42. The maximum absolute atomic E-state index is 12.4. The number of carbonyl (C=O) groups excluding carboxylic acids is 1. The van der Waals surface area contributed by atoms with E-state index in [2.05, 4.69) is 17.4 Å². The van der Waals surface area contributed by atoms with Crippen LogP contribution in [0.25, 0.3) is 0 Å². The van der Waals surface area contributed by atoms with Gasteiger partial charge in [0.15, 0.2) is 0 Å². The van der Waals surface area contributed by atoms with Crippen molar-refractivity contribution < 1.29 is 9.53 Å². The van der Waals surface area contributed by atoms with Gasteiger partial charge in [0, 0.05) is 0 Å². The molecule has 3 nitrogen and oxygen atoms in total. The number of amides is 1. The van der Waals surface area contributed by atoms with Gasteiger partial charge in [-0.05, 0) is 36.8 Å². The van der Waals surface area contributed by atoms with Gasteiger partial charge in [-0.3, -0.25) is 4.79 Å². The summed E-state index contributed by atoms with van der Waals surface area (Å²) in [5, 5.41) is 3.17. The summed E-state index contributed by atoms with van der Waals surface area (Å²) in [5.41, 5.74) is 2.26. The van der Waals surface area contributed by atoms with Crippen LogP contribution >= 0.6 is 0 Å². The van der Waals surface area contributed by atoms with Crippen LogP contribution in [0.3, 0.4) is 0 Å². The smallest absolute Gasteiger partial charge is 0.249 e. The van der Waals surface area contributed by atoms with Crippen molar-refractivity contribution in [3.05, 3.63) is 71.8 Å². The van der Waals surface area contributed by atoms with Crippen molar-refractivity contribution in [2.24, 2.45) is 5.92 Å². The Kier molecular flexibility index (Phi) is 5.09. The SMILES string of the molecule is CC(OCc1ccccc1)C(=O)NC(c1ccccc1)C1CC1. The molecule has 1 saturated carbocycles. The Morgan fingerprint density at radius 3 is 2.30 bits per heavy atom. The molecular formula is C20H23NO2. The largest absolute Gasteiger partial charge is 0.364 e. The Morgan fingerprint density at radius 2 is 1.70 bits per heavy atom. The zero-order chi connectivity index (χ0) is 16.1. The van der Waals surface area contributed by atoms with Gasteiger partial charge in [0.05, 0.1) is 12.6 Å². The first kappa shape index (κ1) is 15.8. The normalized spacial score (nSPS) is 16.6. The van der Waals surface area contributed by atoms with Crippen LogP contribution in [0.15, 0.2) is 60.7 Å². The standard InChI is InChI=1S/C20H23NO2/c1-15(23-14-16-8-4-2-5-9-16)20(22)21-19(18-12-13-18)17-10-6-3-7-11-17/h2-11,15,18-19H,12-14H2,1H3,(H,21,22). The number of ether oxygens (including phenoxy) is 1. The van der Waals surface area contributed by atoms with Gasteiger partial charge in [-0.15, -0.1) is 0 Å². The number of nitrogens with one attached hydrogen (secondary N) is 1. The van der Waals surface area contributed by atoms with Crippen LogP contribution in [-0.2, 0) is 16.1 Å². The summed E-state index contributed by atoms with van der Waals surface area (Å²) in [5.74, 6) is 0.518. The summed E-state index contributed by atoms with van der Waals surface area (Å²) in [6.07, 6.45) is 1.90. The molecule has 3 heteroatoms. The van der Waals surface area contributed by atoms with Gasteiger partial charge in [0.1, 0.15) is 6.10 Å². The molecule has 0 saturated heterocycles. The Hall–Kier alpha value is -2.13. The predicted octanol–water partition coefficient (Wildman–Crippen LogP) is 3.86. The molecule has 23 heavy (non-hydrogen) atoms. The molecule has 0 spiro atoms. The highest BCUT2D eigenvalue weighted by molar-refractivity contribution is 5.80. The second kappa shape index (κ2) is 7.42. The molecule has 2 unspecified atom stereocenters. The van der Waals surface area contributed by atoms with E-state index in [9.17, 15) is 4.79 Å². The highest BCUT2D eigenvalue weighted by atomic mass is 16.5. The molecule has 2 aromatic rings. The molecule has 0 heterocycles. The number of rotatable bonds is 7. The van der Waals surface area contributed by atoms with Gasteiger partial charge >= 0.3 is 0 Å². The Morgan fingerprint density at radius 1 is 1.09 bits per heavy atom. The lowest BCUT2D eigenvalue weighted by molar-refractivity contribution is -0.133. The third-order valence-corrected chi connectivity index (χ3v) is 4.26. The molecule has 2 aromatic carbocycles. The van der Waals surface area contributed by atoms with Crippen molar-refractivity contribution in [3.8, 4) is 0 Å². The van der Waals surface area contributed by atoms with Gasteiger partial charge in [-0.25, -0.2) is 0 Å². The van der Waals surface area contributed by atoms with Gasteiger partial charge in [-0.1, -0.05) is 60.7 Å². The van der Waals surface area contributed by atoms with E-state index in [1.54, 1.807) is 0 Å². The number of hydrogen-bond acceptors (Lipinski definition) is 2. The van der Waals surface area contributed by atoms with Crippen molar-refractivity contribution in [1.82, 2.24) is 5.32 Å². The summed E-state index contributed by atoms with van der Waals surface area (Å²) >= 11 is 0. The highest BCUT2D eigenvalue weighted by Gasteiger charge is 2.34. The minimum Gasteiger partial charge on any atom is -0.364 e. The van der Waals surface area contributed by atoms with Crippen LogP contribution < -0.4 is 5.32 Å². The number of benzene rings is 2. The second-order valence-corrected chi connectivity index (χ2v) is 6.17. The molecule has 1 amide bonds. The van der Waals surface area contributed by atoms with Gasteiger partial charge in [0.2, 0.25) is 5.91 Å². The van der Waals surface area contributed by atoms with Crippen LogP contribution in [0.4, 0.5) is 0 Å². The molecule has 0 bridgehead atoms. The topological polar surface area (TPSA) is 38.3 Å². The van der Waals surface area contributed by atoms with E-state index in [1.165, 1.54) is 18.4 Å². The zero-order valence-corrected chi connectivity index (χ0v) is 13.4. The van der Waals surface area contributed by atoms with Gasteiger partial charge in [0.25, 0.3) is 0 Å². The first-order chi connectivity index (χ1) is 11.2. The van der Waals surface area contributed by atoms with E-state index in [0.29, 0.717) is 12.5 Å². The average Bonchev–Trinajstić information content (AvgIpc) is 3.44. The molecular weight excluding hydrogens is 286 g/mol. The molecule has 0 aliphatic heterocycles. The third-order valence-electron chi connectivity index (χ3n) is 4.26. The summed E-state index contributed by atoms with van der Waals surface area (Å²) in [7, 11) is 0. The van der Waals surface area contributed by atoms with Crippen LogP contribution in [0.5, 0.6) is 0 Å². The average molecular weight is 309 g/mol. The van der Waals surface area contributed by atoms with E-state index in [1.807, 2.05) is 55.5 Å². The predicted molar refractivity (Wildman–Crippen MR) is 90.7 cm³/mol. The minimum atomic E-state index is -0.458. The summed E-state index contributed by atoms with van der Waals surface area (Å²) in [4.78, 5) is 12.4. The number of hydrogen-bond donors (Lipinski definition) is 1. The van der Waals surface area contributed by atoms with Gasteiger partial charge < -0.3 is 10.1 Å². The van der Waals surface area contributed by atoms with Crippen LogP contribution in [0, 0.1) is 5.92 Å². The minimum absolute atomic E-state index is 0.0401. The molecule has 1 fully saturated rings. The van der Waals surface area contributed by atoms with E-state index < -0.39 is 6.10 Å². The zero-order valence-electron chi connectivity index (χ0n) is 13.4. The quantitative estimate of drug-likeness (QED) is 0.843. The fourth-order valence-electron chi connectivity index (χ4n) is 2.71. The highest BCUT2D eigenvalue weighted by Crippen LogP contribution is 2.40. The lowest BCUT2D eigenvalue weighted by atomic mass is 10.0. The van der Waals surface area contributed by atoms with Crippen LogP contribution in [0.2, 0.25) is 0 Å². The molecule has 1 aliphatic carbocycles. The maximum Gasteiger partial charge on any atom is 0.249 e. The summed E-state index contributed by atoms with van der Waals surface area (Å²) in [6, 6.07) is 20.2. The van der Waals surface area contributed by atoms with E-state index in [-0.39, 0.29) is 11.9 Å². The second-order valence-electron chi connectivity index (χ2n) is 6.17. The molecule has 2 atom stereocenters. The first-order valence-electron chi connectivity index (χ1n) is 8.25. The van der Waals surface area contributed by atoms with Crippen molar-refractivity contribution in [1.29, 1.82) is 0 Å². The summed E-state index contributed by atoms with van der Waals surface area (Å²) in [6.45, 7) is 2.27. The molecule has 1 aliphatic rings. The molecule has 1 N–H and O–H groups in total. The fraction of sp³-hybridized carbons (Fsp3) is 0.350. The monoisotopic (exact) mass is 309 g/mol. The Bertz CT molecular complexity index is 623. The molecule has 0 aromatic heterocycles. The molecule has 0 radical (unpaired) electrons. The lowest BCUT2D eigenvalue weighted by Gasteiger charge is -2.21. The number of carbonyl (C=O) groups is 1. The van der Waals surface area contributed by atoms with E-state index in [0.717, 1.165) is 5.56 Å². The maximum atomic E-state index is 12.4. The van der Waals surface area contributed by atoms with Crippen molar-refractivity contribution >= 4 is 5.91 Å². The van der Waals surface area contributed by atoms with E-state index >= 15 is 0 Å². The van der Waals surface area contributed by atoms with Gasteiger partial charge in [-0.2, -0.15) is 0 Å². The van der Waals surface area contributed by atoms with Crippen molar-refractivity contribution in [2.75, 3.05) is 0 Å². The van der Waals surface area contributed by atoms with E-state index in [4.69, 9.17) is 4.74 Å². The Balaban J connectivity index is 1.56. The molecule has 120 valence electrons. The van der Waals surface area contributed by atoms with Crippen molar-refractivity contribution in [3.63, 3.8) is 0 Å². The lowest BCUT2D eigenvalue weighted by Crippen LogP contribution is -2.37. The fourth-order valence-corrected chi connectivity index (χ4v) is 2.71. The summed E-state index contributed by atoms with van der Waals surface area (Å²) < 4.78 is 5.71. The first-order valence-corrected chi connectivity index (χ1v) is 8.25. The van der Waals surface area contributed by atoms with Crippen LogP contribution in [-0.4, -0.2) is 12.0 Å².